The van der Waals surface area contributed by atoms with Gasteiger partial charge in [0.05, 0.1) is 0 Å². The van der Waals surface area contributed by atoms with E-state index in [1.807, 2.05) is 0 Å². The SMILES string of the molecule is CC(=O)[O][Sn]=[O].CCCC. The van der Waals surface area contributed by atoms with Crippen molar-refractivity contribution in [2.75, 3.05) is 0 Å². The molecule has 0 aliphatic rings. The van der Waals surface area contributed by atoms with Gasteiger partial charge in [-0.25, -0.2) is 0 Å². The van der Waals surface area contributed by atoms with E-state index in [9.17, 15) is 7.87 Å². The van der Waals surface area contributed by atoms with E-state index in [0.29, 0.717) is 0 Å². The van der Waals surface area contributed by atoms with Gasteiger partial charge in [0.25, 0.3) is 0 Å². The molecule has 10 heavy (non-hydrogen) atoms. The quantitative estimate of drug-likeness (QED) is 0.696. The first-order valence-corrected chi connectivity index (χ1v) is 5.56. The van der Waals surface area contributed by atoms with Gasteiger partial charge >= 0.3 is 45.4 Å². The molecule has 0 amide bonds. The summed E-state index contributed by atoms with van der Waals surface area (Å²) in [6.45, 7) is 5.60. The Labute approximate surface area is 72.3 Å². The predicted molar refractivity (Wildman–Crippen MR) is 38.8 cm³/mol. The van der Waals surface area contributed by atoms with Gasteiger partial charge in [0.1, 0.15) is 0 Å². The molecule has 1 radical (unpaired) electrons. The predicted octanol–water partition coefficient (Wildman–Crippen LogP) is 1.32. The van der Waals surface area contributed by atoms with Crippen LogP contribution >= 0.6 is 0 Å². The van der Waals surface area contributed by atoms with Crippen LogP contribution in [0.1, 0.15) is 33.6 Å². The molecule has 0 saturated heterocycles. The second-order valence-corrected chi connectivity index (χ2v) is 2.74. The molecule has 0 aliphatic heterocycles. The first-order valence-electron chi connectivity index (χ1n) is 3.23. The largest absolute Gasteiger partial charge is 0.0654 e. The molecule has 0 aliphatic carbocycles. The third-order valence-electron chi connectivity index (χ3n) is 0.685. The molecule has 4 heteroatoms. The molecule has 0 fully saturated rings. The van der Waals surface area contributed by atoms with Gasteiger partial charge in [0.15, 0.2) is 0 Å². The maximum absolute atomic E-state index is 9.66. The van der Waals surface area contributed by atoms with Crippen LogP contribution in [0.15, 0.2) is 0 Å². The molecule has 0 atom stereocenters. The first-order chi connectivity index (χ1) is 4.68. The van der Waals surface area contributed by atoms with E-state index in [1.54, 1.807) is 0 Å². The normalized spacial score (nSPS) is 7.10. The Morgan fingerprint density at radius 2 is 1.80 bits per heavy atom. The molecule has 0 aromatic carbocycles. The van der Waals surface area contributed by atoms with Gasteiger partial charge < -0.3 is 0 Å². The average Bonchev–Trinajstić information content (AvgIpc) is 1.89. The number of carbonyl (C=O) groups excluding carboxylic acids is 1. The molecule has 0 unspecified atom stereocenters. The van der Waals surface area contributed by atoms with Crippen molar-refractivity contribution in [2.24, 2.45) is 0 Å². The molecule has 0 N–H and O–H groups in total. The minimum atomic E-state index is -1.95. The topological polar surface area (TPSA) is 43.4 Å². The van der Waals surface area contributed by atoms with E-state index < -0.39 is 27.5 Å². The Bertz CT molecular complexity index is 91.0. The zero-order valence-electron chi connectivity index (χ0n) is 6.64. The van der Waals surface area contributed by atoms with E-state index in [0.717, 1.165) is 0 Å². The maximum Gasteiger partial charge on any atom is -0.0564 e. The van der Waals surface area contributed by atoms with Crippen LogP contribution < -0.4 is 0 Å². The first kappa shape index (κ1) is 12.7. The van der Waals surface area contributed by atoms with Crippen molar-refractivity contribution in [3.8, 4) is 0 Å². The Hall–Kier alpha value is 0.0687. The van der Waals surface area contributed by atoms with E-state index >= 15 is 0 Å². The maximum atomic E-state index is 9.66. The van der Waals surface area contributed by atoms with E-state index in [2.05, 4.69) is 16.9 Å². The van der Waals surface area contributed by atoms with Crippen molar-refractivity contribution in [2.45, 2.75) is 33.6 Å². The van der Waals surface area contributed by atoms with Gasteiger partial charge in [0, 0.05) is 0 Å². The number of unbranched alkanes of at least 4 members (excludes halogenated alkanes) is 1. The summed E-state index contributed by atoms with van der Waals surface area (Å²) in [5.41, 5.74) is 0. The summed E-state index contributed by atoms with van der Waals surface area (Å²) < 4.78 is 13.5. The number of hydrogen-bond donors (Lipinski definition) is 0. The van der Waals surface area contributed by atoms with Crippen molar-refractivity contribution in [3.05, 3.63) is 0 Å². The fourth-order valence-electron chi connectivity index (χ4n) is 0.0587. The van der Waals surface area contributed by atoms with Gasteiger partial charge in [-0.15, -0.1) is 0 Å². The molecule has 0 rings (SSSR count). The molecule has 59 valence electrons. The van der Waals surface area contributed by atoms with Crippen LogP contribution in [0.3, 0.4) is 0 Å². The van der Waals surface area contributed by atoms with E-state index in [1.165, 1.54) is 19.8 Å². The fraction of sp³-hybridized carbons (Fsp3) is 0.833. The number of hydrogen-bond acceptors (Lipinski definition) is 3. The van der Waals surface area contributed by atoms with Gasteiger partial charge in [0.2, 0.25) is 0 Å². The van der Waals surface area contributed by atoms with Crippen LogP contribution in [0, 0.1) is 0 Å². The molecule has 0 heterocycles. The fourth-order valence-corrected chi connectivity index (χ4v) is 0.394. The summed E-state index contributed by atoms with van der Waals surface area (Å²) in [5, 5.41) is 0. The summed E-state index contributed by atoms with van der Waals surface area (Å²) in [5.74, 6) is -0.448. The van der Waals surface area contributed by atoms with Crippen LogP contribution in [0.25, 0.3) is 0 Å². The Morgan fingerprint density at radius 1 is 1.40 bits per heavy atom. The number of rotatable bonds is 2. The Balaban J connectivity index is 0. The summed E-state index contributed by atoms with van der Waals surface area (Å²) in [7, 11) is 0. The van der Waals surface area contributed by atoms with Crippen LogP contribution in [0.5, 0.6) is 0 Å². The summed E-state index contributed by atoms with van der Waals surface area (Å²) in [4.78, 5) is 9.66. The standard InChI is InChI=1S/C4H10.C2H4O2.O.Sn/c1-3-4-2;1-2(3)4;;/h3-4H2,1-2H3;1H3,(H,3,4);;/q;;;+1/p-1. The summed E-state index contributed by atoms with van der Waals surface area (Å²) in [6, 6.07) is 0. The minimum Gasteiger partial charge on any atom is -0.0654 e. The van der Waals surface area contributed by atoms with Crippen molar-refractivity contribution in [1.29, 1.82) is 0 Å². The Morgan fingerprint density at radius 3 is 1.80 bits per heavy atom. The molecule has 0 spiro atoms. The van der Waals surface area contributed by atoms with E-state index in [-0.39, 0.29) is 0 Å². The second-order valence-electron chi connectivity index (χ2n) is 1.68. The third kappa shape index (κ3) is 24.4. The minimum absolute atomic E-state index is 0.448. The van der Waals surface area contributed by atoms with Crippen LogP contribution in [-0.2, 0) is 10.9 Å². The monoisotopic (exact) mass is 253 g/mol. The zero-order chi connectivity index (χ0) is 8.41. The smallest absolute Gasteiger partial charge is 0.0564 e. The average molecular weight is 252 g/mol. The van der Waals surface area contributed by atoms with Crippen LogP contribution in [0.4, 0.5) is 0 Å². The molecule has 3 nitrogen and oxygen atoms in total. The summed E-state index contributed by atoms with van der Waals surface area (Å²) in [6.07, 6.45) is 2.64. The molecule has 0 aromatic heterocycles. The molecular formula is C6H13O3Sn. The van der Waals surface area contributed by atoms with Crippen molar-refractivity contribution in [1.82, 2.24) is 0 Å². The van der Waals surface area contributed by atoms with Crippen molar-refractivity contribution in [3.63, 3.8) is 0 Å². The van der Waals surface area contributed by atoms with E-state index in [4.69, 9.17) is 0 Å². The van der Waals surface area contributed by atoms with Gasteiger partial charge in [-0.1, -0.05) is 26.7 Å². The van der Waals surface area contributed by atoms with Crippen LogP contribution in [0.2, 0.25) is 0 Å². The van der Waals surface area contributed by atoms with Gasteiger partial charge in [-0.2, -0.15) is 0 Å². The van der Waals surface area contributed by atoms with Gasteiger partial charge in [-0.05, 0) is 0 Å². The Kier molecular flexibility index (Phi) is 15.0. The molecule has 0 bridgehead atoms. The summed E-state index contributed by atoms with van der Waals surface area (Å²) >= 11 is -1.95. The zero-order valence-corrected chi connectivity index (χ0v) is 9.49. The third-order valence-corrected chi connectivity index (χ3v) is 1.74. The molecular weight excluding hydrogens is 239 g/mol. The van der Waals surface area contributed by atoms with Crippen molar-refractivity contribution < 1.29 is 10.9 Å². The molecule has 0 saturated carbocycles. The number of carbonyl (C=O) groups is 1. The van der Waals surface area contributed by atoms with Crippen molar-refractivity contribution >= 4 is 27.5 Å². The molecule has 0 aromatic rings. The second kappa shape index (κ2) is 11.8. The van der Waals surface area contributed by atoms with Crippen LogP contribution in [-0.4, -0.2) is 27.5 Å². The van der Waals surface area contributed by atoms with Gasteiger partial charge in [-0.3, -0.25) is 0 Å².